The van der Waals surface area contributed by atoms with E-state index in [1.165, 1.54) is 12.8 Å². The molecule has 0 radical (unpaired) electrons. The number of amides is 3. The molecular weight excluding hydrogens is 456 g/mol. The molecule has 36 heavy (non-hydrogen) atoms. The van der Waals surface area contributed by atoms with Crippen LogP contribution < -0.4 is 20.3 Å². The Hall–Kier alpha value is -3.42. The summed E-state index contributed by atoms with van der Waals surface area (Å²) in [5.41, 5.74) is 1.96. The molecule has 1 heterocycles. The monoisotopic (exact) mass is 496 g/mol. The molecule has 2 aliphatic rings. The summed E-state index contributed by atoms with van der Waals surface area (Å²) in [6.45, 7) is 7.21. The van der Waals surface area contributed by atoms with Crippen LogP contribution in [-0.4, -0.2) is 54.9 Å². The summed E-state index contributed by atoms with van der Waals surface area (Å²) in [6.07, 6.45) is 5.59. The van der Waals surface area contributed by atoms with E-state index in [2.05, 4.69) is 15.5 Å². The van der Waals surface area contributed by atoms with Gasteiger partial charge in [-0.05, 0) is 101 Å². The predicted octanol–water partition coefficient (Wildman–Crippen LogP) is 6.34. The summed E-state index contributed by atoms with van der Waals surface area (Å²) in [5, 5.41) is 5.74. The van der Waals surface area contributed by atoms with Crippen molar-refractivity contribution < 1.29 is 20.5 Å². The summed E-state index contributed by atoms with van der Waals surface area (Å²) in [4.78, 5) is 28.8. The zero-order valence-corrected chi connectivity index (χ0v) is 21.8. The fraction of sp³-hybridized carbons (Fsp3) is 0.500. The van der Waals surface area contributed by atoms with Crippen molar-refractivity contribution in [1.29, 1.82) is 0 Å². The molecule has 1 aliphatic carbocycles. The first-order valence-corrected chi connectivity index (χ1v) is 12.8. The Morgan fingerprint density at radius 3 is 2.11 bits per heavy atom. The molecule has 2 fully saturated rings. The van der Waals surface area contributed by atoms with Crippen LogP contribution >= 0.6 is 0 Å². The highest BCUT2D eigenvalue weighted by Crippen LogP contribution is 2.26. The minimum absolute atomic E-state index is 0. The van der Waals surface area contributed by atoms with Crippen LogP contribution in [0.4, 0.5) is 26.7 Å². The number of benzene rings is 2. The van der Waals surface area contributed by atoms with Gasteiger partial charge in [0.15, 0.2) is 0 Å². The Morgan fingerprint density at radius 2 is 1.53 bits per heavy atom. The van der Waals surface area contributed by atoms with Crippen molar-refractivity contribution in [3.63, 3.8) is 0 Å². The normalized spacial score (nSPS) is 18.1. The van der Waals surface area contributed by atoms with Crippen molar-refractivity contribution in [2.75, 3.05) is 35.7 Å². The highest BCUT2D eigenvalue weighted by molar-refractivity contribution is 5.99. The molecule has 3 amide bonds. The summed E-state index contributed by atoms with van der Waals surface area (Å²) in [7, 11) is 1.80. The lowest BCUT2D eigenvalue weighted by atomic mass is 10.2. The van der Waals surface area contributed by atoms with E-state index in [-0.39, 0.29) is 19.6 Å². The van der Waals surface area contributed by atoms with Gasteiger partial charge in [0.05, 0.1) is 12.1 Å². The van der Waals surface area contributed by atoms with Crippen LogP contribution in [0.3, 0.4) is 0 Å². The lowest BCUT2D eigenvalue weighted by molar-refractivity contribution is 0.0238. The van der Waals surface area contributed by atoms with E-state index < -0.39 is 5.60 Å². The standard InChI is InChI=1S/C28H38N4O4.H2/c1-28(2,3)36-27(34)31(4)23-17-18-32(19-23)22-13-9-20(10-14-22)29-26(33)30-21-11-15-25(16-12-21)35-24-7-5-6-8-24;/h9-16,23-24H,5-8,17-19H2,1-4H3,(H2,29,30,33);1H. The number of rotatable bonds is 6. The Bertz CT molecular complexity index is 1030. The van der Waals surface area contributed by atoms with Crippen molar-refractivity contribution in [2.24, 2.45) is 0 Å². The Morgan fingerprint density at radius 1 is 0.944 bits per heavy atom. The highest BCUT2D eigenvalue weighted by Gasteiger charge is 2.31. The van der Waals surface area contributed by atoms with E-state index in [4.69, 9.17) is 9.47 Å². The maximum atomic E-state index is 12.5. The van der Waals surface area contributed by atoms with Crippen LogP contribution in [0.5, 0.6) is 5.75 Å². The van der Waals surface area contributed by atoms with E-state index in [0.717, 1.165) is 43.8 Å². The number of nitrogens with zero attached hydrogens (tertiary/aromatic N) is 2. The van der Waals surface area contributed by atoms with E-state index in [1.54, 1.807) is 11.9 Å². The molecule has 8 heteroatoms. The topological polar surface area (TPSA) is 83.1 Å². The van der Waals surface area contributed by atoms with Crippen LogP contribution in [0.1, 0.15) is 54.3 Å². The molecule has 0 bridgehead atoms. The first-order chi connectivity index (χ1) is 17.2. The van der Waals surface area contributed by atoms with Gasteiger partial charge in [0.25, 0.3) is 0 Å². The van der Waals surface area contributed by atoms with Gasteiger partial charge in [-0.15, -0.1) is 0 Å². The lowest BCUT2D eigenvalue weighted by Gasteiger charge is -2.28. The number of anilines is 3. The van der Waals surface area contributed by atoms with E-state index in [1.807, 2.05) is 69.3 Å². The van der Waals surface area contributed by atoms with Crippen LogP contribution in [0.15, 0.2) is 48.5 Å². The van der Waals surface area contributed by atoms with E-state index in [9.17, 15) is 9.59 Å². The Kier molecular flexibility index (Phi) is 7.91. The van der Waals surface area contributed by atoms with Gasteiger partial charge in [0.1, 0.15) is 11.4 Å². The second kappa shape index (κ2) is 11.1. The quantitative estimate of drug-likeness (QED) is 0.487. The molecule has 2 N–H and O–H groups in total. The van der Waals surface area contributed by atoms with Crippen LogP contribution in [0, 0.1) is 0 Å². The summed E-state index contributed by atoms with van der Waals surface area (Å²) in [5.74, 6) is 0.838. The van der Waals surface area contributed by atoms with Crippen LogP contribution in [0.2, 0.25) is 0 Å². The number of carbonyl (C=O) groups is 2. The third kappa shape index (κ3) is 7.06. The fourth-order valence-corrected chi connectivity index (χ4v) is 4.64. The van der Waals surface area contributed by atoms with Crippen molar-refractivity contribution in [3.8, 4) is 5.75 Å². The van der Waals surface area contributed by atoms with Gasteiger partial charge < -0.3 is 29.9 Å². The maximum absolute atomic E-state index is 12.5. The average molecular weight is 497 g/mol. The van der Waals surface area contributed by atoms with Crippen molar-refractivity contribution in [3.05, 3.63) is 48.5 Å². The van der Waals surface area contributed by atoms with Crippen LogP contribution in [0.25, 0.3) is 0 Å². The summed E-state index contributed by atoms with van der Waals surface area (Å²) >= 11 is 0. The summed E-state index contributed by atoms with van der Waals surface area (Å²) in [6, 6.07) is 15.0. The molecule has 1 saturated heterocycles. The third-order valence-electron chi connectivity index (χ3n) is 6.60. The van der Waals surface area contributed by atoms with Crippen LogP contribution in [-0.2, 0) is 4.74 Å². The lowest BCUT2D eigenvalue weighted by Crippen LogP contribution is -2.42. The highest BCUT2D eigenvalue weighted by atomic mass is 16.6. The smallest absolute Gasteiger partial charge is 0.410 e. The van der Waals surface area contributed by atoms with Crippen molar-refractivity contribution in [2.45, 2.75) is 70.6 Å². The Labute approximate surface area is 215 Å². The number of nitrogens with one attached hydrogen (secondary N) is 2. The molecule has 2 aromatic carbocycles. The van der Waals surface area contributed by atoms with Gasteiger partial charge in [0.2, 0.25) is 0 Å². The number of urea groups is 1. The molecule has 8 nitrogen and oxygen atoms in total. The third-order valence-corrected chi connectivity index (χ3v) is 6.60. The minimum Gasteiger partial charge on any atom is -0.490 e. The van der Waals surface area contributed by atoms with Gasteiger partial charge in [-0.25, -0.2) is 9.59 Å². The zero-order valence-electron chi connectivity index (χ0n) is 21.8. The van der Waals surface area contributed by atoms with Crippen molar-refractivity contribution in [1.82, 2.24) is 4.90 Å². The predicted molar refractivity (Wildman–Crippen MR) is 145 cm³/mol. The number of carbonyl (C=O) groups excluding carboxylic acids is 2. The van der Waals surface area contributed by atoms with Gasteiger partial charge in [-0.2, -0.15) is 0 Å². The number of ether oxygens (including phenoxy) is 2. The molecule has 0 spiro atoms. The van der Waals surface area contributed by atoms with Crippen molar-refractivity contribution >= 4 is 29.2 Å². The molecule has 1 aliphatic heterocycles. The largest absolute Gasteiger partial charge is 0.490 e. The van der Waals surface area contributed by atoms with Gasteiger partial charge in [0, 0.05) is 38.6 Å². The first kappa shape index (κ1) is 25.7. The van der Waals surface area contributed by atoms with E-state index in [0.29, 0.717) is 17.5 Å². The molecule has 0 aromatic heterocycles. The average Bonchev–Trinajstić information content (AvgIpc) is 3.52. The van der Waals surface area contributed by atoms with Gasteiger partial charge >= 0.3 is 12.1 Å². The Balaban J connectivity index is 0.00000380. The number of hydrogen-bond acceptors (Lipinski definition) is 5. The number of hydrogen-bond donors (Lipinski definition) is 2. The second-order valence-corrected chi connectivity index (χ2v) is 10.7. The SMILES string of the molecule is CN(C(=O)OC(C)(C)C)C1CCN(c2ccc(NC(=O)Nc3ccc(OC4CCCC4)cc3)cc2)C1.[HH]. The molecule has 1 atom stereocenters. The maximum Gasteiger partial charge on any atom is 0.410 e. The molecule has 1 unspecified atom stereocenters. The molecule has 4 rings (SSSR count). The second-order valence-electron chi connectivity index (χ2n) is 10.7. The molecular formula is C28H40N4O4. The molecule has 2 aromatic rings. The number of likely N-dealkylation sites (N-methyl/N-ethyl adjacent to an activating group) is 1. The fourth-order valence-electron chi connectivity index (χ4n) is 4.64. The zero-order chi connectivity index (χ0) is 25.7. The van der Waals surface area contributed by atoms with Gasteiger partial charge in [-0.1, -0.05) is 0 Å². The molecule has 196 valence electrons. The van der Waals surface area contributed by atoms with E-state index >= 15 is 0 Å². The minimum atomic E-state index is -0.508. The molecule has 1 saturated carbocycles. The first-order valence-electron chi connectivity index (χ1n) is 12.8. The summed E-state index contributed by atoms with van der Waals surface area (Å²) < 4.78 is 11.5. The van der Waals surface area contributed by atoms with Gasteiger partial charge in [-0.3, -0.25) is 0 Å².